The van der Waals surface area contributed by atoms with E-state index in [-0.39, 0.29) is 5.41 Å². The van der Waals surface area contributed by atoms with Gasteiger partial charge >= 0.3 is 0 Å². The van der Waals surface area contributed by atoms with Gasteiger partial charge in [-0.1, -0.05) is 86.5 Å². The van der Waals surface area contributed by atoms with Gasteiger partial charge < -0.3 is 5.11 Å². The number of rotatable bonds is 8. The molecule has 1 aromatic carbocycles. The average Bonchev–Trinajstić information content (AvgIpc) is 3.34. The molecule has 0 fully saturated rings. The summed E-state index contributed by atoms with van der Waals surface area (Å²) in [6.45, 7) is 6.58. The molecule has 2 atom stereocenters. The third-order valence-electron chi connectivity index (χ3n) is 6.53. The van der Waals surface area contributed by atoms with Crippen LogP contribution in [-0.4, -0.2) is 5.11 Å². The van der Waals surface area contributed by atoms with Crippen LogP contribution in [0.3, 0.4) is 0 Å². The fourth-order valence-electron chi connectivity index (χ4n) is 5.41. The minimum Gasteiger partial charge on any atom is -0.384 e. The number of benzene rings is 1. The lowest BCUT2D eigenvalue weighted by Crippen LogP contribution is -2.26. The standard InChI is InChI=1S/C27H32OS2/c1-4-8-25(28)19-10-12-21-22-13-11-20(30-26-9-7-16-29-26)18-24(22)27(14-5-2,15-6-3)23(21)17-19/h4,7-12,16-18,22,25,28H,5-6,13-15H2,1-3H3/b8-4+/t22-,25-/m0/s1. The molecule has 3 heteroatoms. The van der Waals surface area contributed by atoms with Crippen molar-refractivity contribution in [1.82, 2.24) is 0 Å². The molecule has 1 nitrogen and oxygen atoms in total. The highest BCUT2D eigenvalue weighted by Gasteiger charge is 2.47. The van der Waals surface area contributed by atoms with Gasteiger partial charge in [0.2, 0.25) is 0 Å². The van der Waals surface area contributed by atoms with Crippen LogP contribution in [0, 0.1) is 0 Å². The Labute approximate surface area is 189 Å². The Morgan fingerprint density at radius 3 is 2.70 bits per heavy atom. The quantitative estimate of drug-likeness (QED) is 0.420. The van der Waals surface area contributed by atoms with Gasteiger partial charge in [0.25, 0.3) is 0 Å². The summed E-state index contributed by atoms with van der Waals surface area (Å²) in [7, 11) is 0. The number of aliphatic hydroxyl groups is 1. The summed E-state index contributed by atoms with van der Waals surface area (Å²) in [5.41, 5.74) is 5.68. The largest absolute Gasteiger partial charge is 0.384 e. The first-order valence-electron chi connectivity index (χ1n) is 11.2. The van der Waals surface area contributed by atoms with Gasteiger partial charge in [-0.3, -0.25) is 0 Å². The first-order chi connectivity index (χ1) is 14.6. The van der Waals surface area contributed by atoms with Gasteiger partial charge in [-0.25, -0.2) is 0 Å². The van der Waals surface area contributed by atoms with E-state index in [1.165, 1.54) is 45.9 Å². The van der Waals surface area contributed by atoms with Gasteiger partial charge in [-0.15, -0.1) is 11.3 Å². The average molecular weight is 437 g/mol. The van der Waals surface area contributed by atoms with Crippen molar-refractivity contribution >= 4 is 23.1 Å². The fraction of sp³-hybridized carbons (Fsp3) is 0.407. The van der Waals surface area contributed by atoms with E-state index in [1.54, 1.807) is 5.57 Å². The van der Waals surface area contributed by atoms with Gasteiger partial charge in [0.05, 0.1) is 10.3 Å². The number of allylic oxidation sites excluding steroid dienone is 4. The number of hydrogen-bond donors (Lipinski definition) is 1. The molecule has 0 spiro atoms. The Kier molecular flexibility index (Phi) is 6.72. The van der Waals surface area contributed by atoms with Gasteiger partial charge in [0.1, 0.15) is 0 Å². The predicted octanol–water partition coefficient (Wildman–Crippen LogP) is 8.30. The SMILES string of the molecule is C/C=C/[C@H](O)c1ccc2c(c1)C(CCC)(CCC)C1=CC(Sc3cccs3)=CC[C@H]12. The minimum absolute atomic E-state index is 0.102. The van der Waals surface area contributed by atoms with E-state index in [2.05, 4.69) is 61.7 Å². The summed E-state index contributed by atoms with van der Waals surface area (Å²) < 4.78 is 1.36. The Balaban J connectivity index is 1.79. The van der Waals surface area contributed by atoms with Crippen molar-refractivity contribution in [3.8, 4) is 0 Å². The van der Waals surface area contributed by atoms with Crippen molar-refractivity contribution in [1.29, 1.82) is 0 Å². The molecule has 2 aliphatic carbocycles. The zero-order valence-corrected chi connectivity index (χ0v) is 19.9. The minimum atomic E-state index is -0.527. The molecule has 2 aromatic rings. The summed E-state index contributed by atoms with van der Waals surface area (Å²) in [6.07, 6.45) is 14.0. The molecular formula is C27H32OS2. The molecule has 0 unspecified atom stereocenters. The lowest BCUT2D eigenvalue weighted by atomic mass is 9.69. The van der Waals surface area contributed by atoms with E-state index >= 15 is 0 Å². The molecule has 2 aliphatic rings. The molecule has 0 aliphatic heterocycles. The van der Waals surface area contributed by atoms with Crippen LogP contribution in [-0.2, 0) is 5.41 Å². The number of thioether (sulfide) groups is 1. The van der Waals surface area contributed by atoms with E-state index in [0.29, 0.717) is 5.92 Å². The van der Waals surface area contributed by atoms with Crippen LogP contribution >= 0.6 is 23.1 Å². The van der Waals surface area contributed by atoms with Crippen LogP contribution in [0.25, 0.3) is 0 Å². The van der Waals surface area contributed by atoms with Gasteiger partial charge in [0.15, 0.2) is 0 Å². The third kappa shape index (κ3) is 3.88. The predicted molar refractivity (Wildman–Crippen MR) is 131 cm³/mol. The van der Waals surface area contributed by atoms with Crippen molar-refractivity contribution in [2.75, 3.05) is 0 Å². The van der Waals surface area contributed by atoms with E-state index in [9.17, 15) is 5.11 Å². The molecule has 158 valence electrons. The molecule has 0 amide bonds. The molecule has 1 aromatic heterocycles. The van der Waals surface area contributed by atoms with Crippen molar-refractivity contribution in [3.63, 3.8) is 0 Å². The summed E-state index contributed by atoms with van der Waals surface area (Å²) in [4.78, 5) is 1.39. The van der Waals surface area contributed by atoms with E-state index in [1.807, 2.05) is 42.2 Å². The number of aliphatic hydroxyl groups excluding tert-OH is 1. The molecule has 0 saturated carbocycles. The van der Waals surface area contributed by atoms with Crippen LogP contribution in [0.1, 0.15) is 81.6 Å². The summed E-state index contributed by atoms with van der Waals surface area (Å²) in [5.74, 6) is 0.485. The Morgan fingerprint density at radius 2 is 2.03 bits per heavy atom. The van der Waals surface area contributed by atoms with Crippen LogP contribution in [0.5, 0.6) is 0 Å². The summed E-state index contributed by atoms with van der Waals surface area (Å²) in [5, 5.41) is 12.8. The van der Waals surface area contributed by atoms with E-state index < -0.39 is 6.10 Å². The molecule has 4 rings (SSSR count). The second kappa shape index (κ2) is 9.30. The van der Waals surface area contributed by atoms with Gasteiger partial charge in [-0.05, 0) is 60.4 Å². The van der Waals surface area contributed by atoms with Crippen molar-refractivity contribution in [3.05, 3.63) is 87.2 Å². The second-order valence-electron chi connectivity index (χ2n) is 8.43. The zero-order chi connectivity index (χ0) is 21.1. The Hall–Kier alpha value is -1.55. The lowest BCUT2D eigenvalue weighted by Gasteiger charge is -2.35. The van der Waals surface area contributed by atoms with Crippen molar-refractivity contribution in [2.24, 2.45) is 0 Å². The van der Waals surface area contributed by atoms with Crippen molar-refractivity contribution < 1.29 is 5.11 Å². The number of hydrogen-bond acceptors (Lipinski definition) is 3. The molecule has 0 saturated heterocycles. The highest BCUT2D eigenvalue weighted by Crippen LogP contribution is 2.59. The second-order valence-corrected chi connectivity index (χ2v) is 10.7. The molecule has 1 heterocycles. The Morgan fingerprint density at radius 1 is 1.23 bits per heavy atom. The van der Waals surface area contributed by atoms with Crippen molar-refractivity contribution in [2.45, 2.75) is 74.5 Å². The first kappa shape index (κ1) is 21.7. The molecule has 0 radical (unpaired) electrons. The lowest BCUT2D eigenvalue weighted by molar-refractivity contribution is 0.228. The van der Waals surface area contributed by atoms with Gasteiger partial charge in [-0.2, -0.15) is 0 Å². The van der Waals surface area contributed by atoms with Crippen LogP contribution < -0.4 is 0 Å². The normalized spacial score (nSPS) is 20.6. The Bertz CT molecular complexity index is 959. The van der Waals surface area contributed by atoms with Crippen LogP contribution in [0.4, 0.5) is 0 Å². The maximum absolute atomic E-state index is 10.6. The number of thiophene rings is 1. The summed E-state index contributed by atoms with van der Waals surface area (Å²) in [6, 6.07) is 11.1. The number of fused-ring (bicyclic) bond motifs is 3. The molecular weight excluding hydrogens is 404 g/mol. The molecule has 30 heavy (non-hydrogen) atoms. The van der Waals surface area contributed by atoms with Crippen LogP contribution in [0.15, 0.2) is 74.7 Å². The third-order valence-corrected chi connectivity index (χ3v) is 8.59. The van der Waals surface area contributed by atoms with E-state index in [4.69, 9.17) is 0 Å². The smallest absolute Gasteiger partial charge is 0.0971 e. The maximum atomic E-state index is 10.6. The molecule has 0 bridgehead atoms. The van der Waals surface area contributed by atoms with Gasteiger partial charge in [0, 0.05) is 16.2 Å². The maximum Gasteiger partial charge on any atom is 0.0971 e. The summed E-state index contributed by atoms with van der Waals surface area (Å²) >= 11 is 3.72. The van der Waals surface area contributed by atoms with E-state index in [0.717, 1.165) is 12.0 Å². The first-order valence-corrected chi connectivity index (χ1v) is 12.9. The monoisotopic (exact) mass is 436 g/mol. The zero-order valence-electron chi connectivity index (χ0n) is 18.2. The van der Waals surface area contributed by atoms with Crippen LogP contribution in [0.2, 0.25) is 0 Å². The fourth-order valence-corrected chi connectivity index (χ4v) is 7.25. The highest BCUT2D eigenvalue weighted by atomic mass is 32.2. The highest BCUT2D eigenvalue weighted by molar-refractivity contribution is 8.05. The molecule has 1 N–H and O–H groups in total. The topological polar surface area (TPSA) is 20.2 Å².